The molecule has 0 aliphatic carbocycles. The van der Waals surface area contributed by atoms with Crippen LogP contribution < -0.4 is 0 Å². The van der Waals surface area contributed by atoms with Gasteiger partial charge in [-0.3, -0.25) is 14.4 Å². The lowest BCUT2D eigenvalue weighted by Gasteiger charge is -2.18. The second-order valence-corrected chi connectivity index (χ2v) is 22.7. The topological polar surface area (TPSA) is 78.9 Å². The van der Waals surface area contributed by atoms with Crippen molar-refractivity contribution in [1.29, 1.82) is 0 Å². The molecule has 0 aromatic heterocycles. The van der Waals surface area contributed by atoms with Gasteiger partial charge < -0.3 is 14.2 Å². The van der Waals surface area contributed by atoms with E-state index in [0.29, 0.717) is 19.3 Å². The number of esters is 3. The van der Waals surface area contributed by atoms with Crippen molar-refractivity contribution in [2.24, 2.45) is 0 Å². The van der Waals surface area contributed by atoms with Gasteiger partial charge in [-0.1, -0.05) is 289 Å². The maximum absolute atomic E-state index is 13.0. The predicted molar refractivity (Wildman–Crippen MR) is 362 cm³/mol. The van der Waals surface area contributed by atoms with Crippen molar-refractivity contribution in [3.8, 4) is 0 Å². The van der Waals surface area contributed by atoms with E-state index in [0.717, 1.165) is 141 Å². The molecule has 0 heterocycles. The summed E-state index contributed by atoms with van der Waals surface area (Å²) in [5.74, 6) is -0.915. The second-order valence-electron chi connectivity index (χ2n) is 22.7. The smallest absolute Gasteiger partial charge is 0.306 e. The summed E-state index contributed by atoms with van der Waals surface area (Å²) >= 11 is 0. The normalized spacial score (nSPS) is 13.0. The highest BCUT2D eigenvalue weighted by molar-refractivity contribution is 5.71. The van der Waals surface area contributed by atoms with E-state index in [1.807, 2.05) is 0 Å². The molecule has 0 aliphatic heterocycles. The Labute approximate surface area is 513 Å². The van der Waals surface area contributed by atoms with Crippen LogP contribution in [0.25, 0.3) is 0 Å². The molecule has 1 unspecified atom stereocenters. The van der Waals surface area contributed by atoms with Crippen LogP contribution in [0.2, 0.25) is 0 Å². The molecule has 6 heteroatoms. The highest BCUT2D eigenvalue weighted by Crippen LogP contribution is 2.15. The summed E-state index contributed by atoms with van der Waals surface area (Å²) in [6.45, 7) is 6.49. The molecule has 0 amide bonds. The van der Waals surface area contributed by atoms with Gasteiger partial charge >= 0.3 is 17.9 Å². The Bertz CT molecular complexity index is 1750. The monoisotopic (exact) mass is 1150 g/mol. The largest absolute Gasteiger partial charge is 0.462 e. The van der Waals surface area contributed by atoms with E-state index in [4.69, 9.17) is 14.2 Å². The fourth-order valence-electron chi connectivity index (χ4n) is 9.43. The molecule has 0 fully saturated rings. The molecule has 0 rings (SSSR count). The van der Waals surface area contributed by atoms with Gasteiger partial charge in [0.1, 0.15) is 13.2 Å². The van der Waals surface area contributed by atoms with Crippen molar-refractivity contribution in [2.45, 2.75) is 322 Å². The fourth-order valence-corrected chi connectivity index (χ4v) is 9.43. The number of hydrogen-bond acceptors (Lipinski definition) is 6. The molecule has 0 saturated carbocycles. The van der Waals surface area contributed by atoms with Crippen molar-refractivity contribution in [1.82, 2.24) is 0 Å². The molecule has 472 valence electrons. The summed E-state index contributed by atoms with van der Waals surface area (Å²) in [5.41, 5.74) is 0. The zero-order valence-electron chi connectivity index (χ0n) is 54.2. The Morgan fingerprint density at radius 2 is 0.470 bits per heavy atom. The Kier molecular flexibility index (Phi) is 66.3. The van der Waals surface area contributed by atoms with Gasteiger partial charge in [0, 0.05) is 19.3 Å². The Morgan fingerprint density at radius 3 is 0.759 bits per heavy atom. The molecular weight excluding hydrogens is 1020 g/mol. The molecule has 0 bridgehead atoms. The number of rotatable bonds is 62. The van der Waals surface area contributed by atoms with Crippen LogP contribution in [-0.4, -0.2) is 37.2 Å². The van der Waals surface area contributed by atoms with Crippen LogP contribution in [0.4, 0.5) is 0 Å². The predicted octanol–water partition coefficient (Wildman–Crippen LogP) is 24.1. The summed E-state index contributed by atoms with van der Waals surface area (Å²) in [6.07, 6.45) is 98.8. The quantitative estimate of drug-likeness (QED) is 0.0261. The first-order valence-corrected chi connectivity index (χ1v) is 34.7. The number of unbranched alkanes of at least 4 members (excludes halogenated alkanes) is 29. The Hall–Kier alpha value is -4.45. The lowest BCUT2D eigenvalue weighted by molar-refractivity contribution is -0.167. The zero-order valence-corrected chi connectivity index (χ0v) is 54.2. The first-order chi connectivity index (χ1) is 41.0. The molecule has 1 atom stereocenters. The van der Waals surface area contributed by atoms with E-state index in [9.17, 15) is 14.4 Å². The van der Waals surface area contributed by atoms with Gasteiger partial charge in [0.05, 0.1) is 0 Å². The molecule has 0 aromatic rings. The maximum atomic E-state index is 13.0. The van der Waals surface area contributed by atoms with Crippen molar-refractivity contribution >= 4 is 17.9 Å². The minimum Gasteiger partial charge on any atom is -0.462 e. The van der Waals surface area contributed by atoms with Crippen LogP contribution in [0.3, 0.4) is 0 Å². The summed E-state index contributed by atoms with van der Waals surface area (Å²) in [5, 5.41) is 0. The third-order valence-electron chi connectivity index (χ3n) is 14.6. The van der Waals surface area contributed by atoms with Crippen molar-refractivity contribution in [3.63, 3.8) is 0 Å². The number of allylic oxidation sites excluding steroid dienone is 22. The summed E-state index contributed by atoms with van der Waals surface area (Å²) in [4.78, 5) is 38.5. The van der Waals surface area contributed by atoms with E-state index in [1.165, 1.54) is 135 Å². The fraction of sp³-hybridized carbons (Fsp3) is 0.675. The van der Waals surface area contributed by atoms with Gasteiger partial charge in [-0.25, -0.2) is 0 Å². The van der Waals surface area contributed by atoms with E-state index in [-0.39, 0.29) is 31.1 Å². The van der Waals surface area contributed by atoms with Gasteiger partial charge in [-0.2, -0.15) is 0 Å². The van der Waals surface area contributed by atoms with Crippen molar-refractivity contribution < 1.29 is 28.6 Å². The standard InChI is InChI=1S/C77H128O6/c1-4-7-10-13-16-19-22-25-28-31-33-35-37-38-40-41-43-46-49-52-55-58-61-64-67-70-76(79)82-73-74(72-81-75(78)69-66-63-60-57-54-51-48-45-30-27-24-21-18-15-12-9-6-3)83-77(80)71-68-65-62-59-56-53-50-47-44-42-39-36-34-32-29-26-23-20-17-14-11-8-5-2/h7,10,16,18-19,21,23,25-28,30,32-35,38-40,42-43,46,74H,4-6,8-9,11-15,17,20,22,24,29,31,36-37,41,44-45,47-73H2,1-3H3/b10-7-,19-16-,21-18-,26-23-,28-25-,30-27-,34-32-,35-33-,40-38-,42-39-,46-43-. The van der Waals surface area contributed by atoms with E-state index >= 15 is 0 Å². The SMILES string of the molecule is CC/C=C\C/C=C\C/C=C\C/C=C\C/C=C\C/C=C\CCCCCCCCC(=O)OCC(COC(=O)CCCCCCCCC/C=C\C/C=C\CCCCC)OC(=O)CCCCCCCCCC/C=C\C/C=C\C/C=C\CCCCCCC. The highest BCUT2D eigenvalue weighted by atomic mass is 16.6. The number of carbonyl (C=O) groups excluding carboxylic acids is 3. The van der Waals surface area contributed by atoms with E-state index < -0.39 is 6.10 Å². The van der Waals surface area contributed by atoms with Gasteiger partial charge in [0.25, 0.3) is 0 Å². The average Bonchev–Trinajstić information content (AvgIpc) is 3.49. The Morgan fingerprint density at radius 1 is 0.253 bits per heavy atom. The maximum Gasteiger partial charge on any atom is 0.306 e. The average molecular weight is 1150 g/mol. The Balaban J connectivity index is 4.45. The summed E-state index contributed by atoms with van der Waals surface area (Å²) in [6, 6.07) is 0. The third kappa shape index (κ3) is 68.2. The molecule has 0 aliphatic rings. The van der Waals surface area contributed by atoms with Crippen LogP contribution in [0, 0.1) is 0 Å². The zero-order chi connectivity index (χ0) is 59.9. The van der Waals surface area contributed by atoms with Gasteiger partial charge in [0.2, 0.25) is 0 Å². The van der Waals surface area contributed by atoms with Gasteiger partial charge in [-0.05, 0) is 141 Å². The minimum absolute atomic E-state index is 0.0931. The van der Waals surface area contributed by atoms with Gasteiger partial charge in [0.15, 0.2) is 6.10 Å². The van der Waals surface area contributed by atoms with Crippen LogP contribution in [0.15, 0.2) is 134 Å². The minimum atomic E-state index is -0.799. The van der Waals surface area contributed by atoms with E-state index in [1.54, 1.807) is 0 Å². The molecule has 0 saturated heterocycles. The van der Waals surface area contributed by atoms with E-state index in [2.05, 4.69) is 154 Å². The van der Waals surface area contributed by atoms with Crippen LogP contribution >= 0.6 is 0 Å². The molecular formula is C77H128O6. The molecule has 6 nitrogen and oxygen atoms in total. The van der Waals surface area contributed by atoms with Gasteiger partial charge in [-0.15, -0.1) is 0 Å². The van der Waals surface area contributed by atoms with Crippen LogP contribution in [-0.2, 0) is 28.6 Å². The second kappa shape index (κ2) is 70.0. The van der Waals surface area contributed by atoms with Crippen molar-refractivity contribution in [3.05, 3.63) is 134 Å². The number of hydrogen-bond donors (Lipinski definition) is 0. The number of ether oxygens (including phenoxy) is 3. The molecule has 0 N–H and O–H groups in total. The first kappa shape index (κ1) is 78.5. The molecule has 0 aromatic carbocycles. The van der Waals surface area contributed by atoms with Crippen LogP contribution in [0.5, 0.6) is 0 Å². The summed E-state index contributed by atoms with van der Waals surface area (Å²) in [7, 11) is 0. The third-order valence-corrected chi connectivity index (χ3v) is 14.6. The lowest BCUT2D eigenvalue weighted by Crippen LogP contribution is -2.30. The summed E-state index contributed by atoms with van der Waals surface area (Å²) < 4.78 is 17.0. The molecule has 0 radical (unpaired) electrons. The first-order valence-electron chi connectivity index (χ1n) is 34.7. The molecule has 83 heavy (non-hydrogen) atoms. The number of carbonyl (C=O) groups is 3. The molecule has 0 spiro atoms. The van der Waals surface area contributed by atoms with Crippen molar-refractivity contribution in [2.75, 3.05) is 13.2 Å². The lowest BCUT2D eigenvalue weighted by atomic mass is 10.1. The highest BCUT2D eigenvalue weighted by Gasteiger charge is 2.19. The van der Waals surface area contributed by atoms with Crippen LogP contribution in [0.1, 0.15) is 316 Å².